The lowest BCUT2D eigenvalue weighted by atomic mass is 10.2. The Bertz CT molecular complexity index is 263. The van der Waals surface area contributed by atoms with Crippen LogP contribution in [-0.2, 0) is 0 Å². The molecule has 0 aliphatic rings. The molecule has 0 aromatic heterocycles. The van der Waals surface area contributed by atoms with Gasteiger partial charge in [-0.15, -0.1) is 11.8 Å². The van der Waals surface area contributed by atoms with E-state index < -0.39 is 0 Å². The van der Waals surface area contributed by atoms with Crippen molar-refractivity contribution in [2.24, 2.45) is 0 Å². The number of rotatable bonds is 3. The number of thioether (sulfide) groups is 1. The molecule has 0 unspecified atom stereocenters. The number of allylic oxidation sites excluding steroid dienone is 1. The van der Waals surface area contributed by atoms with Gasteiger partial charge in [-0.2, -0.15) is 0 Å². The van der Waals surface area contributed by atoms with E-state index in [0.717, 1.165) is 5.75 Å². The van der Waals surface area contributed by atoms with Crippen molar-refractivity contribution in [3.63, 3.8) is 0 Å². The van der Waals surface area contributed by atoms with Gasteiger partial charge in [-0.1, -0.05) is 37.3 Å². The van der Waals surface area contributed by atoms with E-state index in [2.05, 4.69) is 38.1 Å². The van der Waals surface area contributed by atoms with Crippen molar-refractivity contribution < 1.29 is 0 Å². The third-order valence-corrected chi connectivity index (χ3v) is 2.49. The zero-order valence-corrected chi connectivity index (χ0v) is 8.10. The minimum atomic E-state index is 1.11. The zero-order chi connectivity index (χ0) is 8.81. The van der Waals surface area contributed by atoms with Gasteiger partial charge in [0.2, 0.25) is 0 Å². The normalized spacial score (nSPS) is 10.8. The second-order valence-corrected chi connectivity index (χ2v) is 3.68. The molecule has 1 radical (unpaired) electrons. The first-order valence-electron chi connectivity index (χ1n) is 4.06. The Hall–Kier alpha value is -0.690. The highest BCUT2D eigenvalue weighted by Gasteiger charge is 1.95. The molecule has 1 rings (SSSR count). The summed E-state index contributed by atoms with van der Waals surface area (Å²) in [6.45, 7) is 5.85. The van der Waals surface area contributed by atoms with Crippen molar-refractivity contribution >= 4 is 17.8 Å². The van der Waals surface area contributed by atoms with Crippen LogP contribution >= 0.6 is 11.8 Å². The van der Waals surface area contributed by atoms with Crippen molar-refractivity contribution in [3.05, 3.63) is 42.8 Å². The Balaban J connectivity index is 2.91. The van der Waals surface area contributed by atoms with Gasteiger partial charge in [0.05, 0.1) is 0 Å². The van der Waals surface area contributed by atoms with Gasteiger partial charge in [0.15, 0.2) is 0 Å². The summed E-state index contributed by atoms with van der Waals surface area (Å²) >= 11 is 1.86. The molecule has 63 valence electrons. The molecule has 0 atom stereocenters. The molecule has 0 bridgehead atoms. The first-order chi connectivity index (χ1) is 5.88. The van der Waals surface area contributed by atoms with Crippen molar-refractivity contribution in [3.8, 4) is 0 Å². The molecule has 0 aliphatic carbocycles. The van der Waals surface area contributed by atoms with Crippen LogP contribution in [-0.4, -0.2) is 5.75 Å². The fraction of sp³-hybridized carbons (Fsp3) is 0.182. The highest BCUT2D eigenvalue weighted by molar-refractivity contribution is 7.99. The second-order valence-electron chi connectivity index (χ2n) is 2.37. The molecule has 0 fully saturated rings. The topological polar surface area (TPSA) is 0 Å². The maximum Gasteiger partial charge on any atom is 0.0144 e. The summed E-state index contributed by atoms with van der Waals surface area (Å²) in [5, 5.41) is 0. The van der Waals surface area contributed by atoms with Crippen molar-refractivity contribution in [2.45, 2.75) is 11.8 Å². The molecule has 0 saturated heterocycles. The van der Waals surface area contributed by atoms with Gasteiger partial charge in [0.1, 0.15) is 0 Å². The number of hydrogen-bond donors (Lipinski definition) is 0. The summed E-state index contributed by atoms with van der Waals surface area (Å²) in [6, 6.07) is 8.37. The number of hydrogen-bond acceptors (Lipinski definition) is 1. The maximum absolute atomic E-state index is 3.69. The summed E-state index contributed by atoms with van der Waals surface area (Å²) in [6.07, 6.45) is 3.87. The predicted molar refractivity (Wildman–Crippen MR) is 57.2 cm³/mol. The van der Waals surface area contributed by atoms with Gasteiger partial charge in [-0.05, 0) is 24.3 Å². The Labute approximate surface area is 78.7 Å². The number of benzene rings is 1. The highest BCUT2D eigenvalue weighted by Crippen LogP contribution is 2.22. The molecule has 0 aliphatic heterocycles. The monoisotopic (exact) mass is 177 g/mol. The van der Waals surface area contributed by atoms with Crippen LogP contribution in [0.25, 0.3) is 6.08 Å². The van der Waals surface area contributed by atoms with Gasteiger partial charge in [-0.3, -0.25) is 0 Å². The summed E-state index contributed by atoms with van der Waals surface area (Å²) in [7, 11) is 0. The van der Waals surface area contributed by atoms with Crippen LogP contribution in [0.15, 0.2) is 35.2 Å². The minimum Gasteiger partial charge on any atom is -0.126 e. The van der Waals surface area contributed by atoms with E-state index in [4.69, 9.17) is 0 Å². The summed E-state index contributed by atoms with van der Waals surface area (Å²) in [5.74, 6) is 1.11. The van der Waals surface area contributed by atoms with E-state index in [9.17, 15) is 0 Å². The Kier molecular flexibility index (Phi) is 3.95. The average Bonchev–Trinajstić information content (AvgIpc) is 2.09. The molecular weight excluding hydrogens is 164 g/mol. The zero-order valence-electron chi connectivity index (χ0n) is 7.29. The molecule has 0 amide bonds. The van der Waals surface area contributed by atoms with Crippen molar-refractivity contribution in [1.29, 1.82) is 0 Å². The summed E-state index contributed by atoms with van der Waals surface area (Å²) < 4.78 is 0. The molecule has 0 spiro atoms. The smallest absolute Gasteiger partial charge is 0.0144 e. The van der Waals surface area contributed by atoms with E-state index in [1.807, 2.05) is 23.9 Å². The molecule has 12 heavy (non-hydrogen) atoms. The lowest BCUT2D eigenvalue weighted by molar-refractivity contribution is 1.40. The van der Waals surface area contributed by atoms with Gasteiger partial charge < -0.3 is 0 Å². The van der Waals surface area contributed by atoms with Crippen LogP contribution in [0.4, 0.5) is 0 Å². The van der Waals surface area contributed by atoms with Crippen LogP contribution in [0.5, 0.6) is 0 Å². The van der Waals surface area contributed by atoms with E-state index in [1.54, 1.807) is 0 Å². The van der Waals surface area contributed by atoms with Gasteiger partial charge >= 0.3 is 0 Å². The molecule has 1 aromatic rings. The third kappa shape index (κ3) is 2.42. The fourth-order valence-corrected chi connectivity index (χ4v) is 1.82. The largest absolute Gasteiger partial charge is 0.126 e. The van der Waals surface area contributed by atoms with Gasteiger partial charge in [0.25, 0.3) is 0 Å². The fourth-order valence-electron chi connectivity index (χ4n) is 1.03. The van der Waals surface area contributed by atoms with E-state index in [1.165, 1.54) is 10.5 Å². The molecule has 0 N–H and O–H groups in total. The Morgan fingerprint density at radius 1 is 1.42 bits per heavy atom. The van der Waals surface area contributed by atoms with Gasteiger partial charge in [0, 0.05) is 4.90 Å². The average molecular weight is 177 g/mol. The first-order valence-corrected chi connectivity index (χ1v) is 5.04. The predicted octanol–water partition coefficient (Wildman–Crippen LogP) is 3.65. The van der Waals surface area contributed by atoms with Gasteiger partial charge in [-0.25, -0.2) is 0 Å². The van der Waals surface area contributed by atoms with Crippen LogP contribution in [0.2, 0.25) is 0 Å². The standard InChI is InChI=1S/C11H13S/c1-3-7-10-8-5-6-9-11(10)12-4-2/h3,5-9H,1,4H2,2H3/b7-3+. The Morgan fingerprint density at radius 3 is 2.83 bits per heavy atom. The molecule has 1 heteroatoms. The molecule has 0 saturated carbocycles. The van der Waals surface area contributed by atoms with Crippen LogP contribution in [0.3, 0.4) is 0 Å². The summed E-state index contributed by atoms with van der Waals surface area (Å²) in [4.78, 5) is 1.33. The van der Waals surface area contributed by atoms with Crippen LogP contribution < -0.4 is 0 Å². The maximum atomic E-state index is 3.69. The van der Waals surface area contributed by atoms with Crippen molar-refractivity contribution in [1.82, 2.24) is 0 Å². The molecule has 0 heterocycles. The summed E-state index contributed by atoms with van der Waals surface area (Å²) in [5.41, 5.74) is 1.26. The van der Waals surface area contributed by atoms with E-state index >= 15 is 0 Å². The lowest BCUT2D eigenvalue weighted by Crippen LogP contribution is -1.78. The first kappa shape index (κ1) is 9.40. The lowest BCUT2D eigenvalue weighted by Gasteiger charge is -2.02. The Morgan fingerprint density at radius 2 is 2.17 bits per heavy atom. The van der Waals surface area contributed by atoms with E-state index in [0.29, 0.717) is 0 Å². The minimum absolute atomic E-state index is 1.11. The third-order valence-electron chi connectivity index (χ3n) is 1.52. The van der Waals surface area contributed by atoms with Crippen LogP contribution in [0, 0.1) is 6.92 Å². The molecular formula is C11H13S. The van der Waals surface area contributed by atoms with Crippen molar-refractivity contribution in [2.75, 3.05) is 5.75 Å². The van der Waals surface area contributed by atoms with E-state index in [-0.39, 0.29) is 0 Å². The molecule has 1 aromatic carbocycles. The molecule has 0 nitrogen and oxygen atoms in total. The highest BCUT2D eigenvalue weighted by atomic mass is 32.2. The SMILES string of the molecule is [CH2]/C=C/c1ccccc1SCC. The second kappa shape index (κ2) is 5.04. The van der Waals surface area contributed by atoms with Crippen LogP contribution in [0.1, 0.15) is 12.5 Å². The quantitative estimate of drug-likeness (QED) is 0.635.